The van der Waals surface area contributed by atoms with Gasteiger partial charge in [-0.05, 0) is 80.0 Å². The summed E-state index contributed by atoms with van der Waals surface area (Å²) in [5.74, 6) is 5.03. The molecule has 9 heteroatoms. The lowest BCUT2D eigenvalue weighted by atomic mass is 10.0. The molecular formula is C27H28FN5O2S. The molecule has 2 heterocycles. The predicted octanol–water partition coefficient (Wildman–Crippen LogP) is 5.66. The minimum Gasteiger partial charge on any atom is -0.439 e. The molecular weight excluding hydrogens is 477 g/mol. The zero-order valence-corrected chi connectivity index (χ0v) is 21.3. The van der Waals surface area contributed by atoms with Crippen molar-refractivity contribution in [3.05, 3.63) is 71.8 Å². The Morgan fingerprint density at radius 1 is 1.25 bits per heavy atom. The number of carbonyl (C=O) groups is 1. The average molecular weight is 506 g/mol. The van der Waals surface area contributed by atoms with E-state index in [1.165, 1.54) is 29.8 Å². The highest BCUT2D eigenvalue weighted by Crippen LogP contribution is 2.47. The average Bonchev–Trinajstić information content (AvgIpc) is 3.65. The van der Waals surface area contributed by atoms with Gasteiger partial charge in [-0.3, -0.25) is 4.79 Å². The fourth-order valence-corrected chi connectivity index (χ4v) is 5.27. The van der Waals surface area contributed by atoms with Crippen LogP contribution in [0.25, 0.3) is 16.6 Å². The Morgan fingerprint density at radius 2 is 2.00 bits per heavy atom. The summed E-state index contributed by atoms with van der Waals surface area (Å²) >= 11 is 0. The lowest BCUT2D eigenvalue weighted by Gasteiger charge is -2.26. The van der Waals surface area contributed by atoms with Crippen LogP contribution in [0.4, 0.5) is 10.1 Å². The van der Waals surface area contributed by atoms with Gasteiger partial charge < -0.3 is 14.4 Å². The van der Waals surface area contributed by atoms with Gasteiger partial charge in [-0.15, -0.1) is 10.7 Å². The smallest absolute Gasteiger partial charge is 0.270 e. The first-order chi connectivity index (χ1) is 17.4. The Kier molecular flexibility index (Phi) is 6.49. The monoisotopic (exact) mass is 505 g/mol. The number of fused-ring (bicyclic) bond motifs is 1. The predicted molar refractivity (Wildman–Crippen MR) is 144 cm³/mol. The Bertz CT molecular complexity index is 1450. The van der Waals surface area contributed by atoms with Gasteiger partial charge in [0.05, 0.1) is 23.1 Å². The van der Waals surface area contributed by atoms with E-state index in [0.717, 1.165) is 36.0 Å². The highest BCUT2D eigenvalue weighted by Gasteiger charge is 2.30. The van der Waals surface area contributed by atoms with Gasteiger partial charge in [0.1, 0.15) is 17.3 Å². The molecule has 186 valence electrons. The Hall–Kier alpha value is -3.72. The summed E-state index contributed by atoms with van der Waals surface area (Å²) < 4.78 is 22.8. The fraction of sp³-hybridized carbons (Fsp3) is 0.259. The van der Waals surface area contributed by atoms with Crippen LogP contribution in [0.2, 0.25) is 0 Å². The molecule has 1 aliphatic rings. The summed E-state index contributed by atoms with van der Waals surface area (Å²) in [6.07, 6.45) is 6.01. The van der Waals surface area contributed by atoms with Crippen LogP contribution in [0.15, 0.2) is 54.7 Å². The lowest BCUT2D eigenvalue weighted by molar-refractivity contribution is 0.0957. The van der Waals surface area contributed by atoms with Crippen molar-refractivity contribution in [1.82, 2.24) is 20.1 Å². The number of aromatic nitrogens is 3. The Balaban J connectivity index is 1.59. The third kappa shape index (κ3) is 4.58. The van der Waals surface area contributed by atoms with Gasteiger partial charge in [0.15, 0.2) is 0 Å². The molecule has 1 aliphatic carbocycles. The van der Waals surface area contributed by atoms with Gasteiger partial charge in [-0.2, -0.15) is 5.10 Å². The molecule has 2 aromatic heterocycles. The Labute approximate surface area is 212 Å². The first kappa shape index (κ1) is 24.0. The molecule has 4 aromatic rings. The molecule has 0 aliphatic heterocycles. The van der Waals surface area contributed by atoms with E-state index < -0.39 is 0 Å². The lowest BCUT2D eigenvalue weighted by Crippen LogP contribution is -2.22. The molecule has 0 radical (unpaired) electrons. The van der Waals surface area contributed by atoms with Crippen molar-refractivity contribution in [3.63, 3.8) is 0 Å². The number of amides is 1. The largest absolute Gasteiger partial charge is 0.439 e. The van der Waals surface area contributed by atoms with Crippen LogP contribution in [0.1, 0.15) is 41.7 Å². The highest BCUT2D eigenvalue weighted by atomic mass is 32.2. The summed E-state index contributed by atoms with van der Waals surface area (Å²) in [7, 11) is 1.43. The standard InChI is InChI=1S/C27H28FN5O2S/c1-5-32(36(3)4)24-15-23-22(14-21(24)17-6-7-17)26(27(34)29-2)33(31-23)19-10-13-25(30-16-19)35-20-11-8-18(28)9-12-20/h8-17H,3,5-7H2,1-2,4H3,(H,29,34). The zero-order valence-electron chi connectivity index (χ0n) is 20.5. The van der Waals surface area contributed by atoms with Crippen LogP contribution in [0.5, 0.6) is 11.6 Å². The van der Waals surface area contributed by atoms with E-state index in [1.54, 1.807) is 30.1 Å². The highest BCUT2D eigenvalue weighted by molar-refractivity contribution is 8.14. The molecule has 7 nitrogen and oxygen atoms in total. The van der Waals surface area contributed by atoms with Gasteiger partial charge in [0, 0.05) is 25.0 Å². The molecule has 0 bridgehead atoms. The summed E-state index contributed by atoms with van der Waals surface area (Å²) in [6.45, 7) is 2.97. The fourth-order valence-electron chi connectivity index (χ4n) is 4.34. The quantitative estimate of drug-likeness (QED) is 0.313. The van der Waals surface area contributed by atoms with Crippen molar-refractivity contribution in [2.45, 2.75) is 25.7 Å². The van der Waals surface area contributed by atoms with Crippen LogP contribution >= 0.6 is 10.7 Å². The van der Waals surface area contributed by atoms with Gasteiger partial charge in [-0.1, -0.05) is 5.87 Å². The second-order valence-corrected chi connectivity index (χ2v) is 10.4. The number of nitrogens with one attached hydrogen (secondary N) is 1. The van der Waals surface area contributed by atoms with Gasteiger partial charge in [-0.25, -0.2) is 14.1 Å². The summed E-state index contributed by atoms with van der Waals surface area (Å²) in [5, 5.41) is 8.39. The van der Waals surface area contributed by atoms with Crippen LogP contribution < -0.4 is 14.4 Å². The summed E-state index contributed by atoms with van der Waals surface area (Å²) in [6, 6.07) is 13.4. The van der Waals surface area contributed by atoms with Crippen LogP contribution in [0.3, 0.4) is 0 Å². The number of rotatable bonds is 8. The van der Waals surface area contributed by atoms with Crippen molar-refractivity contribution in [3.8, 4) is 17.3 Å². The number of pyridine rings is 1. The SMILES string of the molecule is C=S(C)N(CC)c1cc2nn(-c3ccc(Oc4ccc(F)cc4)nc3)c(C(=O)NC)c2cc1C1CC1. The minimum absolute atomic E-state index is 0.187. The maximum absolute atomic E-state index is 13.2. The maximum Gasteiger partial charge on any atom is 0.270 e. The zero-order chi connectivity index (χ0) is 25.4. The van der Waals surface area contributed by atoms with Crippen molar-refractivity contribution in [1.29, 1.82) is 0 Å². The number of nitrogens with zero attached hydrogens (tertiary/aromatic N) is 4. The van der Waals surface area contributed by atoms with Gasteiger partial charge >= 0.3 is 0 Å². The number of ether oxygens (including phenoxy) is 1. The van der Waals surface area contributed by atoms with Gasteiger partial charge in [0.2, 0.25) is 5.88 Å². The van der Waals surface area contributed by atoms with E-state index >= 15 is 0 Å². The topological polar surface area (TPSA) is 72.3 Å². The number of hydrogen-bond acceptors (Lipinski definition) is 5. The van der Waals surface area contributed by atoms with Gasteiger partial charge in [0.25, 0.3) is 5.91 Å². The van der Waals surface area contributed by atoms with E-state index in [0.29, 0.717) is 28.9 Å². The second-order valence-electron chi connectivity index (χ2n) is 8.75. The van der Waals surface area contributed by atoms with Crippen molar-refractivity contribution < 1.29 is 13.9 Å². The van der Waals surface area contributed by atoms with Crippen molar-refractivity contribution in [2.24, 2.45) is 0 Å². The molecule has 1 unspecified atom stereocenters. The van der Waals surface area contributed by atoms with E-state index in [9.17, 15) is 9.18 Å². The van der Waals surface area contributed by atoms with E-state index in [4.69, 9.17) is 9.84 Å². The van der Waals surface area contributed by atoms with E-state index in [-0.39, 0.29) is 22.4 Å². The number of halogens is 1. The van der Waals surface area contributed by atoms with E-state index in [2.05, 4.69) is 45.8 Å². The minimum atomic E-state index is -0.335. The molecule has 2 aromatic carbocycles. The molecule has 1 saturated carbocycles. The molecule has 36 heavy (non-hydrogen) atoms. The number of hydrogen-bond donors (Lipinski definition) is 1. The normalized spacial score (nSPS) is 14.0. The Morgan fingerprint density at radius 3 is 2.58 bits per heavy atom. The molecule has 0 saturated heterocycles. The van der Waals surface area contributed by atoms with E-state index in [1.807, 2.05) is 0 Å². The summed E-state index contributed by atoms with van der Waals surface area (Å²) in [5.41, 5.74) is 4.22. The van der Waals surface area contributed by atoms with Crippen molar-refractivity contribution in [2.75, 3.05) is 24.2 Å². The molecule has 1 amide bonds. The molecule has 0 spiro atoms. The van der Waals surface area contributed by atoms with Crippen LogP contribution in [-0.4, -0.2) is 46.4 Å². The molecule has 1 N–H and O–H groups in total. The molecule has 5 rings (SSSR count). The first-order valence-corrected chi connectivity index (χ1v) is 13.6. The number of anilines is 1. The molecule has 1 fully saturated rings. The summed E-state index contributed by atoms with van der Waals surface area (Å²) in [4.78, 5) is 17.4. The second kappa shape index (κ2) is 9.73. The molecule has 1 atom stereocenters. The van der Waals surface area contributed by atoms with Crippen molar-refractivity contribution >= 4 is 39.0 Å². The first-order valence-electron chi connectivity index (χ1n) is 11.8. The van der Waals surface area contributed by atoms with Crippen LogP contribution in [-0.2, 0) is 0 Å². The number of carbonyl (C=O) groups excluding carboxylic acids is 1. The maximum atomic E-state index is 13.2. The third-order valence-corrected chi connectivity index (χ3v) is 7.42. The number of benzene rings is 2. The third-order valence-electron chi connectivity index (χ3n) is 6.21. The van der Waals surface area contributed by atoms with Crippen LogP contribution in [0, 0.1) is 5.82 Å².